The van der Waals surface area contributed by atoms with E-state index in [1.165, 1.54) is 49.5 Å². The quantitative estimate of drug-likeness (QED) is 0.161. The highest BCUT2D eigenvalue weighted by Crippen LogP contribution is 2.47. The van der Waals surface area contributed by atoms with E-state index in [-0.39, 0.29) is 6.71 Å². The largest absolute Gasteiger partial charge is 0.311 e. The zero-order valence-corrected chi connectivity index (χ0v) is 33.3. The van der Waals surface area contributed by atoms with Crippen LogP contribution in [0, 0.1) is 0 Å². The molecule has 4 nitrogen and oxygen atoms in total. The van der Waals surface area contributed by atoms with Gasteiger partial charge in [0.2, 0.25) is 0 Å². The predicted molar refractivity (Wildman–Crippen MR) is 233 cm³/mol. The molecular weight excluding hydrogens is 676 g/mol. The maximum absolute atomic E-state index is 4.84. The third kappa shape index (κ3) is 5.58. The first-order valence-electron chi connectivity index (χ1n) is 18.6. The summed E-state index contributed by atoms with van der Waals surface area (Å²) in [7, 11) is -3.34. The Hall–Kier alpha value is -5.50. The molecule has 0 saturated carbocycles. The summed E-state index contributed by atoms with van der Waals surface area (Å²) in [5.74, 6) is 0. The van der Waals surface area contributed by atoms with Crippen LogP contribution in [0.2, 0.25) is 39.3 Å². The molecule has 258 valence electrons. The van der Waals surface area contributed by atoms with Gasteiger partial charge in [-0.25, -0.2) is 0 Å². The summed E-state index contributed by atoms with van der Waals surface area (Å²) >= 11 is 0. The van der Waals surface area contributed by atoms with E-state index in [9.17, 15) is 0 Å². The fourth-order valence-electron chi connectivity index (χ4n) is 8.21. The molecule has 7 heteroatoms. The van der Waals surface area contributed by atoms with Crippen LogP contribution in [-0.4, -0.2) is 32.8 Å². The lowest BCUT2D eigenvalue weighted by Gasteiger charge is -2.45. The molecule has 0 radical (unpaired) electrons. The maximum Gasteiger partial charge on any atom is 0.252 e. The third-order valence-electron chi connectivity index (χ3n) is 10.9. The SMILES string of the molecule is C[Si](C)(C)c1ccc2c(c1)B1c3cc([Si](C)(C)C)ccc3N(c3ccccc3-c3ccccn3)c3cccc(c31)N2c1ccccc1-c1ccccn1. The lowest BCUT2D eigenvalue weighted by molar-refractivity contribution is 1.24. The molecule has 0 aliphatic carbocycles. The van der Waals surface area contributed by atoms with Crippen LogP contribution in [0.3, 0.4) is 0 Å². The van der Waals surface area contributed by atoms with Crippen molar-refractivity contribution in [3.05, 3.63) is 152 Å². The Morgan fingerprint density at radius 3 is 1.25 bits per heavy atom. The second-order valence-electron chi connectivity index (χ2n) is 16.3. The van der Waals surface area contributed by atoms with Gasteiger partial charge in [0.15, 0.2) is 0 Å². The second kappa shape index (κ2) is 12.6. The van der Waals surface area contributed by atoms with Gasteiger partial charge < -0.3 is 9.80 Å². The summed E-state index contributed by atoms with van der Waals surface area (Å²) < 4.78 is 0. The molecule has 2 aliphatic rings. The van der Waals surface area contributed by atoms with Gasteiger partial charge in [-0.15, -0.1) is 0 Å². The summed E-state index contributed by atoms with van der Waals surface area (Å²) in [4.78, 5) is 14.7. The van der Waals surface area contributed by atoms with Crippen molar-refractivity contribution in [2.45, 2.75) is 39.3 Å². The van der Waals surface area contributed by atoms with Crippen molar-refractivity contribution < 1.29 is 0 Å². The highest BCUT2D eigenvalue weighted by Gasteiger charge is 2.44. The van der Waals surface area contributed by atoms with Crippen LogP contribution in [0.25, 0.3) is 22.5 Å². The van der Waals surface area contributed by atoms with E-state index in [2.05, 4.69) is 176 Å². The number of benzene rings is 5. The Morgan fingerprint density at radius 2 is 0.830 bits per heavy atom. The Balaban J connectivity index is 1.39. The van der Waals surface area contributed by atoms with Gasteiger partial charge in [0.1, 0.15) is 0 Å². The first kappa shape index (κ1) is 33.3. The number of fused-ring (bicyclic) bond motifs is 4. The molecule has 0 saturated heterocycles. The fraction of sp³-hybridized carbons (Fsp3) is 0.130. The van der Waals surface area contributed by atoms with Crippen LogP contribution in [-0.2, 0) is 0 Å². The van der Waals surface area contributed by atoms with E-state index >= 15 is 0 Å². The summed E-state index contributed by atoms with van der Waals surface area (Å²) in [6.07, 6.45) is 3.78. The van der Waals surface area contributed by atoms with Crippen molar-refractivity contribution in [1.29, 1.82) is 0 Å². The van der Waals surface area contributed by atoms with Gasteiger partial charge in [0.25, 0.3) is 6.71 Å². The van der Waals surface area contributed by atoms with Crippen molar-refractivity contribution in [3.8, 4) is 22.5 Å². The van der Waals surface area contributed by atoms with Crippen molar-refractivity contribution in [3.63, 3.8) is 0 Å². The normalized spacial score (nSPS) is 13.4. The minimum Gasteiger partial charge on any atom is -0.311 e. The van der Waals surface area contributed by atoms with Crippen LogP contribution in [0.4, 0.5) is 34.1 Å². The molecular formula is C46H43BN4Si2. The van der Waals surface area contributed by atoms with Gasteiger partial charge >= 0.3 is 0 Å². The lowest BCUT2D eigenvalue weighted by atomic mass is 9.33. The summed E-state index contributed by atoms with van der Waals surface area (Å²) in [6.45, 7) is 14.8. The highest BCUT2D eigenvalue weighted by molar-refractivity contribution is 7.01. The third-order valence-corrected chi connectivity index (χ3v) is 15.0. The van der Waals surface area contributed by atoms with Crippen LogP contribution >= 0.6 is 0 Å². The predicted octanol–water partition coefficient (Wildman–Crippen LogP) is 8.98. The van der Waals surface area contributed by atoms with Crippen molar-refractivity contribution in [2.24, 2.45) is 0 Å². The standard InChI is InChI=1S/C46H43BN4Si2/c1-52(2,3)32-24-26-42-36(30-32)47-37-31-33(53(4,5)6)25-27-43(37)51(41-21-10-8-17-35(41)39-19-12-14-29-49-39)45-23-15-22-44(46(45)47)50(42)40-20-9-7-16-34(40)38-18-11-13-28-48-38/h7-31H,1-6H3. The molecule has 2 aromatic heterocycles. The average molecular weight is 719 g/mol. The minimum atomic E-state index is -1.67. The van der Waals surface area contributed by atoms with Crippen molar-refractivity contribution in [2.75, 3.05) is 9.80 Å². The Bertz CT molecular complexity index is 2340. The first-order chi connectivity index (χ1) is 25.6. The topological polar surface area (TPSA) is 32.3 Å². The van der Waals surface area contributed by atoms with Crippen LogP contribution in [0.15, 0.2) is 152 Å². The molecule has 0 N–H and O–H groups in total. The molecule has 0 bridgehead atoms. The molecule has 9 rings (SSSR count). The minimum absolute atomic E-state index is 0.0651. The van der Waals surface area contributed by atoms with E-state index < -0.39 is 16.1 Å². The van der Waals surface area contributed by atoms with Gasteiger partial charge in [0.05, 0.1) is 38.9 Å². The first-order valence-corrected chi connectivity index (χ1v) is 25.6. The van der Waals surface area contributed by atoms with Crippen molar-refractivity contribution >= 4 is 83.7 Å². The number of rotatable bonds is 6. The molecule has 53 heavy (non-hydrogen) atoms. The summed E-state index contributed by atoms with van der Waals surface area (Å²) in [5.41, 5.74) is 15.3. The van der Waals surface area contributed by atoms with Crippen molar-refractivity contribution in [1.82, 2.24) is 9.97 Å². The van der Waals surface area contributed by atoms with Gasteiger partial charge in [-0.3, -0.25) is 9.97 Å². The van der Waals surface area contributed by atoms with Crippen LogP contribution < -0.4 is 36.6 Å². The smallest absolute Gasteiger partial charge is 0.252 e. The molecule has 0 amide bonds. The van der Waals surface area contributed by atoms with Gasteiger partial charge in [-0.2, -0.15) is 0 Å². The number of pyridine rings is 2. The van der Waals surface area contributed by atoms with Crippen LogP contribution in [0.5, 0.6) is 0 Å². The van der Waals surface area contributed by atoms with Gasteiger partial charge in [0, 0.05) is 46.3 Å². The van der Waals surface area contributed by atoms with E-state index in [0.717, 1.165) is 33.9 Å². The number of nitrogens with zero attached hydrogens (tertiary/aromatic N) is 4. The molecule has 7 aromatic rings. The Morgan fingerprint density at radius 1 is 0.415 bits per heavy atom. The molecule has 0 atom stereocenters. The number of hydrogen-bond donors (Lipinski definition) is 0. The van der Waals surface area contributed by atoms with E-state index in [1.54, 1.807) is 0 Å². The molecule has 4 heterocycles. The zero-order valence-electron chi connectivity index (χ0n) is 31.3. The maximum atomic E-state index is 4.84. The Labute approximate surface area is 315 Å². The Kier molecular flexibility index (Phi) is 7.91. The van der Waals surface area contributed by atoms with E-state index in [1.807, 2.05) is 24.5 Å². The van der Waals surface area contributed by atoms with Gasteiger partial charge in [-0.1, -0.05) is 129 Å². The molecule has 0 spiro atoms. The summed E-state index contributed by atoms with van der Waals surface area (Å²) in [5, 5.41) is 2.95. The highest BCUT2D eigenvalue weighted by atomic mass is 28.3. The number of para-hydroxylation sites is 2. The zero-order chi connectivity index (χ0) is 36.5. The molecule has 2 aliphatic heterocycles. The molecule has 5 aromatic carbocycles. The second-order valence-corrected chi connectivity index (χ2v) is 26.5. The molecule has 0 unspecified atom stereocenters. The van der Waals surface area contributed by atoms with E-state index in [4.69, 9.17) is 9.97 Å². The monoisotopic (exact) mass is 718 g/mol. The molecule has 0 fully saturated rings. The number of aromatic nitrogens is 2. The van der Waals surface area contributed by atoms with Crippen LogP contribution in [0.1, 0.15) is 0 Å². The average Bonchev–Trinajstić information content (AvgIpc) is 3.17. The van der Waals surface area contributed by atoms with Gasteiger partial charge in [-0.05, 0) is 77.1 Å². The summed E-state index contributed by atoms with van der Waals surface area (Å²) in [6, 6.07) is 51.5. The lowest BCUT2D eigenvalue weighted by Crippen LogP contribution is -2.63. The fourth-order valence-corrected chi connectivity index (χ4v) is 10.6. The number of hydrogen-bond acceptors (Lipinski definition) is 4. The van der Waals surface area contributed by atoms with E-state index in [0.29, 0.717) is 0 Å². The number of anilines is 6.